The summed E-state index contributed by atoms with van der Waals surface area (Å²) in [5.41, 5.74) is 1.23. The Hall–Kier alpha value is -2.91. The van der Waals surface area contributed by atoms with Gasteiger partial charge in [-0.05, 0) is 36.4 Å². The minimum Gasteiger partial charge on any atom is -0.462 e. The van der Waals surface area contributed by atoms with Crippen LogP contribution in [-0.2, 0) is 0 Å². The van der Waals surface area contributed by atoms with Gasteiger partial charge in [0.15, 0.2) is 10.8 Å². The molecule has 0 radical (unpaired) electrons. The van der Waals surface area contributed by atoms with Crippen molar-refractivity contribution in [2.75, 3.05) is 5.32 Å². The first-order valence-corrected chi connectivity index (χ1v) is 6.83. The zero-order chi connectivity index (χ0) is 14.7. The van der Waals surface area contributed by atoms with Crippen LogP contribution in [0.3, 0.4) is 0 Å². The fraction of sp³-hybridized carbons (Fsp3) is 0. The molecule has 2 heterocycles. The lowest BCUT2D eigenvalue weighted by Gasteiger charge is -2.00. The Bertz CT molecular complexity index is 798. The first kappa shape index (κ1) is 13.1. The van der Waals surface area contributed by atoms with E-state index in [2.05, 4.69) is 21.4 Å². The van der Waals surface area contributed by atoms with Crippen LogP contribution in [0.2, 0.25) is 0 Å². The zero-order valence-electron chi connectivity index (χ0n) is 10.7. The summed E-state index contributed by atoms with van der Waals surface area (Å²) < 4.78 is 5.22. The summed E-state index contributed by atoms with van der Waals surface area (Å²) in [5, 5.41) is 11.6. The highest BCUT2D eigenvalue weighted by Gasteiger charge is 2.12. The molecule has 0 aliphatic rings. The maximum atomic E-state index is 12.1. The fourth-order valence-corrected chi connectivity index (χ4v) is 2.37. The van der Waals surface area contributed by atoms with Gasteiger partial charge in [-0.2, -0.15) is 0 Å². The van der Waals surface area contributed by atoms with Gasteiger partial charge in [0.05, 0.1) is 6.26 Å². The van der Waals surface area contributed by atoms with Crippen LogP contribution in [-0.4, -0.2) is 16.1 Å². The van der Waals surface area contributed by atoms with E-state index in [0.29, 0.717) is 21.5 Å². The summed E-state index contributed by atoms with van der Waals surface area (Å²) in [7, 11) is 0. The number of carbonyl (C=O) groups excluding carboxylic acids is 1. The van der Waals surface area contributed by atoms with Gasteiger partial charge in [0.2, 0.25) is 5.13 Å². The zero-order valence-corrected chi connectivity index (χ0v) is 11.6. The van der Waals surface area contributed by atoms with Gasteiger partial charge in [-0.1, -0.05) is 17.3 Å². The number of rotatable bonds is 3. The van der Waals surface area contributed by atoms with Crippen molar-refractivity contribution in [1.82, 2.24) is 10.2 Å². The Morgan fingerprint density at radius 2 is 2.05 bits per heavy atom. The number of benzene rings is 1. The average molecular weight is 295 g/mol. The van der Waals surface area contributed by atoms with Crippen LogP contribution in [0.4, 0.5) is 5.13 Å². The largest absolute Gasteiger partial charge is 0.462 e. The Morgan fingerprint density at radius 3 is 2.71 bits per heavy atom. The summed E-state index contributed by atoms with van der Waals surface area (Å²) in [4.78, 5) is 12.1. The Balaban J connectivity index is 1.74. The standard InChI is InChI=1S/C15H9N3O2S/c1-2-10-5-7-11(8-6-10)13(19)16-15-18-17-14(21-15)12-4-3-9-20-12/h1,3-9H,(H,16,18,19). The van der Waals surface area contributed by atoms with Crippen molar-refractivity contribution in [2.24, 2.45) is 0 Å². The van der Waals surface area contributed by atoms with E-state index in [1.165, 1.54) is 11.3 Å². The lowest BCUT2D eigenvalue weighted by Crippen LogP contribution is -2.11. The summed E-state index contributed by atoms with van der Waals surface area (Å²) in [5.74, 6) is 2.85. The molecule has 2 aromatic heterocycles. The van der Waals surface area contributed by atoms with E-state index < -0.39 is 0 Å². The van der Waals surface area contributed by atoms with Crippen molar-refractivity contribution in [1.29, 1.82) is 0 Å². The number of carbonyl (C=O) groups is 1. The smallest absolute Gasteiger partial charge is 0.257 e. The quantitative estimate of drug-likeness (QED) is 0.754. The molecule has 1 N–H and O–H groups in total. The number of amides is 1. The maximum Gasteiger partial charge on any atom is 0.257 e. The van der Waals surface area contributed by atoms with Gasteiger partial charge in [0.1, 0.15) is 0 Å². The number of aromatic nitrogens is 2. The predicted octanol–water partition coefficient (Wildman–Crippen LogP) is 3.03. The van der Waals surface area contributed by atoms with Crippen LogP contribution >= 0.6 is 11.3 Å². The Morgan fingerprint density at radius 1 is 1.24 bits per heavy atom. The molecular formula is C15H9N3O2S. The van der Waals surface area contributed by atoms with E-state index in [0.717, 1.165) is 5.56 Å². The van der Waals surface area contributed by atoms with Crippen LogP contribution in [0.5, 0.6) is 0 Å². The van der Waals surface area contributed by atoms with Gasteiger partial charge in [0, 0.05) is 11.1 Å². The van der Waals surface area contributed by atoms with Crippen LogP contribution in [0.15, 0.2) is 47.1 Å². The van der Waals surface area contributed by atoms with Gasteiger partial charge >= 0.3 is 0 Å². The summed E-state index contributed by atoms with van der Waals surface area (Å²) >= 11 is 1.24. The summed E-state index contributed by atoms with van der Waals surface area (Å²) in [6.07, 6.45) is 6.83. The van der Waals surface area contributed by atoms with Crippen molar-refractivity contribution in [3.05, 3.63) is 53.8 Å². The van der Waals surface area contributed by atoms with Crippen molar-refractivity contribution in [3.63, 3.8) is 0 Å². The van der Waals surface area contributed by atoms with Gasteiger partial charge in [-0.15, -0.1) is 16.6 Å². The van der Waals surface area contributed by atoms with Crippen molar-refractivity contribution >= 4 is 22.4 Å². The highest BCUT2D eigenvalue weighted by Crippen LogP contribution is 2.26. The first-order chi connectivity index (χ1) is 10.3. The molecule has 102 valence electrons. The number of anilines is 1. The monoisotopic (exact) mass is 295 g/mol. The third kappa shape index (κ3) is 2.83. The molecule has 1 amide bonds. The highest BCUT2D eigenvalue weighted by atomic mass is 32.1. The molecule has 1 aromatic carbocycles. The highest BCUT2D eigenvalue weighted by molar-refractivity contribution is 7.18. The van der Waals surface area contributed by atoms with E-state index >= 15 is 0 Å². The van der Waals surface area contributed by atoms with Gasteiger partial charge in [-0.3, -0.25) is 10.1 Å². The molecule has 0 atom stereocenters. The molecule has 21 heavy (non-hydrogen) atoms. The van der Waals surface area contributed by atoms with E-state index in [9.17, 15) is 4.79 Å². The van der Waals surface area contributed by atoms with Gasteiger partial charge in [-0.25, -0.2) is 0 Å². The van der Waals surface area contributed by atoms with E-state index in [4.69, 9.17) is 10.8 Å². The Kier molecular flexibility index (Phi) is 3.50. The number of nitrogens with one attached hydrogen (secondary N) is 1. The second-order valence-corrected chi connectivity index (χ2v) is 5.04. The third-order valence-corrected chi connectivity index (χ3v) is 3.54. The predicted molar refractivity (Wildman–Crippen MR) is 79.9 cm³/mol. The molecular weight excluding hydrogens is 286 g/mol. The molecule has 0 unspecified atom stereocenters. The molecule has 5 nitrogen and oxygen atoms in total. The lowest BCUT2D eigenvalue weighted by molar-refractivity contribution is 0.102. The number of hydrogen-bond donors (Lipinski definition) is 1. The molecule has 0 aliphatic heterocycles. The van der Waals surface area contributed by atoms with Crippen LogP contribution < -0.4 is 5.32 Å². The first-order valence-electron chi connectivity index (χ1n) is 6.01. The van der Waals surface area contributed by atoms with E-state index in [1.807, 2.05) is 0 Å². The molecule has 0 saturated heterocycles. The molecule has 0 aliphatic carbocycles. The van der Waals surface area contributed by atoms with Crippen molar-refractivity contribution in [2.45, 2.75) is 0 Å². The number of hydrogen-bond acceptors (Lipinski definition) is 5. The fourth-order valence-electron chi connectivity index (χ4n) is 1.66. The molecule has 0 saturated carbocycles. The van der Waals surface area contributed by atoms with Crippen LogP contribution in [0.1, 0.15) is 15.9 Å². The summed E-state index contributed by atoms with van der Waals surface area (Å²) in [6, 6.07) is 10.3. The van der Waals surface area contributed by atoms with Gasteiger partial charge in [0.25, 0.3) is 5.91 Å². The topological polar surface area (TPSA) is 68.0 Å². The molecule has 0 bridgehead atoms. The van der Waals surface area contributed by atoms with Crippen molar-refractivity contribution in [3.8, 4) is 23.1 Å². The van der Waals surface area contributed by atoms with Crippen LogP contribution in [0, 0.1) is 12.3 Å². The molecule has 0 spiro atoms. The van der Waals surface area contributed by atoms with Crippen LogP contribution in [0.25, 0.3) is 10.8 Å². The van der Waals surface area contributed by atoms with E-state index in [1.54, 1.807) is 42.7 Å². The SMILES string of the molecule is C#Cc1ccc(C(=O)Nc2nnc(-c3ccco3)s2)cc1. The van der Waals surface area contributed by atoms with Gasteiger partial charge < -0.3 is 4.42 Å². The minimum absolute atomic E-state index is 0.263. The number of furan rings is 1. The molecule has 3 aromatic rings. The molecule has 3 rings (SSSR count). The maximum absolute atomic E-state index is 12.1. The second kappa shape index (κ2) is 5.61. The summed E-state index contributed by atoms with van der Waals surface area (Å²) in [6.45, 7) is 0. The normalized spacial score (nSPS) is 10.0. The Labute approximate surface area is 124 Å². The lowest BCUT2D eigenvalue weighted by atomic mass is 10.1. The average Bonchev–Trinajstić information content (AvgIpc) is 3.18. The molecule has 6 heteroatoms. The van der Waals surface area contributed by atoms with Crippen molar-refractivity contribution < 1.29 is 9.21 Å². The van der Waals surface area contributed by atoms with E-state index in [-0.39, 0.29) is 5.91 Å². The minimum atomic E-state index is -0.263. The third-order valence-electron chi connectivity index (χ3n) is 2.69. The number of nitrogens with zero attached hydrogens (tertiary/aromatic N) is 2. The number of terminal acetylenes is 1. The second-order valence-electron chi connectivity index (χ2n) is 4.07. The molecule has 0 fully saturated rings.